The molecule has 15 rings (SSSR count). The molecule has 0 bridgehead atoms. The van der Waals surface area contributed by atoms with Gasteiger partial charge in [0.25, 0.3) is 0 Å². The Hall–Kier alpha value is -8.18. The largest absolute Gasteiger partial charge is 0.456 e. The van der Waals surface area contributed by atoms with Crippen molar-refractivity contribution in [1.82, 2.24) is 9.13 Å². The zero-order valence-electron chi connectivity index (χ0n) is 34.3. The summed E-state index contributed by atoms with van der Waals surface area (Å²) >= 11 is 1.89. The summed E-state index contributed by atoms with van der Waals surface area (Å²) in [5, 5.41) is 14.9. The van der Waals surface area contributed by atoms with Gasteiger partial charge in [-0.1, -0.05) is 133 Å². The maximum absolute atomic E-state index is 6.48. The van der Waals surface area contributed by atoms with Crippen LogP contribution in [0.5, 0.6) is 0 Å². The molecular weight excluding hydrogens is 797 g/mol. The van der Waals surface area contributed by atoms with E-state index in [2.05, 4.69) is 215 Å². The van der Waals surface area contributed by atoms with Gasteiger partial charge in [0.1, 0.15) is 11.2 Å². The zero-order chi connectivity index (χ0) is 41.6. The molecule has 0 aliphatic rings. The lowest BCUT2D eigenvalue weighted by molar-refractivity contribution is 0.669. The number of hydrogen-bond acceptors (Lipinski definition) is 2. The second-order valence-corrected chi connectivity index (χ2v) is 18.2. The van der Waals surface area contributed by atoms with Crippen molar-refractivity contribution in [2.24, 2.45) is 0 Å². The van der Waals surface area contributed by atoms with Gasteiger partial charge in [0.15, 0.2) is 0 Å². The van der Waals surface area contributed by atoms with Gasteiger partial charge in [-0.25, -0.2) is 0 Å². The summed E-state index contributed by atoms with van der Waals surface area (Å²) in [4.78, 5) is 0. The van der Waals surface area contributed by atoms with E-state index in [4.69, 9.17) is 4.42 Å². The summed E-state index contributed by atoms with van der Waals surface area (Å²) in [6, 6.07) is 76.0. The molecule has 0 unspecified atom stereocenters. The number of aromatic nitrogens is 2. The Bertz CT molecular complexity index is 4430. The minimum Gasteiger partial charge on any atom is -0.456 e. The van der Waals surface area contributed by atoms with Crippen LogP contribution in [0.3, 0.4) is 0 Å². The third kappa shape index (κ3) is 4.54. The van der Waals surface area contributed by atoms with E-state index < -0.39 is 0 Å². The van der Waals surface area contributed by atoms with Crippen molar-refractivity contribution >= 4 is 119 Å². The van der Waals surface area contributed by atoms with E-state index in [-0.39, 0.29) is 0 Å². The van der Waals surface area contributed by atoms with Crippen molar-refractivity contribution in [2.45, 2.75) is 0 Å². The molecule has 4 heterocycles. The fourth-order valence-electron chi connectivity index (χ4n) is 11.3. The van der Waals surface area contributed by atoms with Crippen molar-refractivity contribution in [1.29, 1.82) is 0 Å². The van der Waals surface area contributed by atoms with Gasteiger partial charge in [-0.3, -0.25) is 0 Å². The minimum atomic E-state index is 0.934. The van der Waals surface area contributed by atoms with E-state index >= 15 is 0 Å². The summed E-state index contributed by atoms with van der Waals surface area (Å²) in [5.41, 5.74) is 13.9. The zero-order valence-corrected chi connectivity index (χ0v) is 35.2. The molecule has 0 aliphatic heterocycles. The van der Waals surface area contributed by atoms with E-state index in [1.54, 1.807) is 0 Å². The van der Waals surface area contributed by atoms with E-state index in [0.717, 1.165) is 22.5 Å². The molecule has 0 spiro atoms. The van der Waals surface area contributed by atoms with Crippen molar-refractivity contribution in [2.75, 3.05) is 0 Å². The molecule has 0 aliphatic carbocycles. The van der Waals surface area contributed by atoms with Crippen LogP contribution in [0.15, 0.2) is 211 Å². The van der Waals surface area contributed by atoms with Crippen LogP contribution in [0.2, 0.25) is 0 Å². The molecule has 0 saturated heterocycles. The predicted molar refractivity (Wildman–Crippen MR) is 272 cm³/mol. The van der Waals surface area contributed by atoms with Gasteiger partial charge >= 0.3 is 0 Å². The molecule has 11 aromatic carbocycles. The standard InChI is InChI=1S/C60H34N2OS/c1-2-14-36(15-3-1)61-50-25-8-5-18-44(50)57-38(19-11-26-52(57)61)35-30-31-51-46(32-35)39-16-4-7-24-49(39)62(51)37-33-47-40-17-6-9-29-55(40)64-60(47)48(34-37)43-21-10-20-41-42-22-12-27-53-58(42)59-45(56(41)43)23-13-28-54(59)63-53/h1-34H. The van der Waals surface area contributed by atoms with Crippen molar-refractivity contribution in [3.63, 3.8) is 0 Å². The highest BCUT2D eigenvalue weighted by atomic mass is 32.1. The molecule has 4 heteroatoms. The maximum atomic E-state index is 6.48. The Labute approximate surface area is 370 Å². The molecule has 0 fully saturated rings. The van der Waals surface area contributed by atoms with Crippen molar-refractivity contribution in [3.8, 4) is 33.6 Å². The van der Waals surface area contributed by atoms with Crippen LogP contribution in [0.4, 0.5) is 0 Å². The van der Waals surface area contributed by atoms with Crippen LogP contribution in [-0.2, 0) is 0 Å². The summed E-state index contributed by atoms with van der Waals surface area (Å²) in [6.45, 7) is 0. The quantitative estimate of drug-likeness (QED) is 0.162. The topological polar surface area (TPSA) is 23.0 Å². The summed E-state index contributed by atoms with van der Waals surface area (Å²) in [6.07, 6.45) is 0. The molecule has 0 atom stereocenters. The Kier molecular flexibility index (Phi) is 6.83. The number of hydrogen-bond donors (Lipinski definition) is 0. The average molecular weight is 831 g/mol. The maximum Gasteiger partial charge on any atom is 0.136 e. The SMILES string of the molecule is c1ccc(-n2c3ccccc3c3c(-c4ccc5c(c4)c4ccccc4n5-c4cc(-c5cccc6c7cccc8oc9cccc(c56)c9c87)c5sc6ccccc6c5c4)cccc32)cc1. The second kappa shape index (κ2) is 12.7. The first-order chi connectivity index (χ1) is 31.8. The van der Waals surface area contributed by atoms with Gasteiger partial charge in [0, 0.05) is 69.4 Å². The molecule has 3 nitrogen and oxygen atoms in total. The molecule has 0 N–H and O–H groups in total. The highest BCUT2D eigenvalue weighted by Crippen LogP contribution is 2.49. The Morgan fingerprint density at radius 1 is 0.312 bits per heavy atom. The Balaban J connectivity index is 1.01. The lowest BCUT2D eigenvalue weighted by atomic mass is 9.89. The molecule has 0 radical (unpaired) electrons. The third-order valence-corrected chi connectivity index (χ3v) is 15.1. The number of rotatable bonds is 4. The monoisotopic (exact) mass is 830 g/mol. The van der Waals surface area contributed by atoms with Crippen LogP contribution in [0, 0.1) is 0 Å². The Morgan fingerprint density at radius 2 is 0.906 bits per heavy atom. The van der Waals surface area contributed by atoms with E-state index in [1.165, 1.54) is 118 Å². The third-order valence-electron chi connectivity index (χ3n) is 13.9. The van der Waals surface area contributed by atoms with E-state index in [0.29, 0.717) is 0 Å². The number of para-hydroxylation sites is 3. The van der Waals surface area contributed by atoms with E-state index in [1.807, 2.05) is 11.3 Å². The van der Waals surface area contributed by atoms with Gasteiger partial charge in [0.05, 0.1) is 22.1 Å². The molecule has 0 amide bonds. The van der Waals surface area contributed by atoms with Crippen LogP contribution in [0.25, 0.3) is 141 Å². The average Bonchev–Trinajstić information content (AvgIpc) is 4.11. The van der Waals surface area contributed by atoms with Crippen molar-refractivity contribution < 1.29 is 4.42 Å². The normalized spacial score (nSPS) is 12.4. The first-order valence-corrected chi connectivity index (χ1v) is 22.7. The van der Waals surface area contributed by atoms with Gasteiger partial charge < -0.3 is 13.6 Å². The highest BCUT2D eigenvalue weighted by Gasteiger charge is 2.23. The van der Waals surface area contributed by atoms with Crippen LogP contribution < -0.4 is 0 Å². The van der Waals surface area contributed by atoms with Gasteiger partial charge in [0.2, 0.25) is 0 Å². The number of thiophene rings is 1. The molecule has 64 heavy (non-hydrogen) atoms. The lowest BCUT2D eigenvalue weighted by Gasteiger charge is -2.16. The molecule has 15 aromatic rings. The van der Waals surface area contributed by atoms with Crippen LogP contribution in [0.1, 0.15) is 0 Å². The highest BCUT2D eigenvalue weighted by molar-refractivity contribution is 7.26. The molecule has 4 aromatic heterocycles. The summed E-state index contributed by atoms with van der Waals surface area (Å²) in [7, 11) is 0. The van der Waals surface area contributed by atoms with Crippen molar-refractivity contribution in [3.05, 3.63) is 206 Å². The molecular formula is C60H34N2OS. The van der Waals surface area contributed by atoms with Gasteiger partial charge in [-0.15, -0.1) is 11.3 Å². The van der Waals surface area contributed by atoms with Crippen LogP contribution in [-0.4, -0.2) is 9.13 Å². The number of furan rings is 1. The first kappa shape index (κ1) is 34.4. The van der Waals surface area contributed by atoms with Gasteiger partial charge in [-0.05, 0) is 111 Å². The predicted octanol–water partition coefficient (Wildman–Crippen LogP) is 17.2. The van der Waals surface area contributed by atoms with E-state index in [9.17, 15) is 0 Å². The fourth-order valence-corrected chi connectivity index (χ4v) is 12.5. The lowest BCUT2D eigenvalue weighted by Crippen LogP contribution is -1.95. The minimum absolute atomic E-state index is 0.934. The number of benzene rings is 11. The first-order valence-electron chi connectivity index (χ1n) is 21.9. The van der Waals surface area contributed by atoms with Crippen LogP contribution >= 0.6 is 11.3 Å². The summed E-state index contributed by atoms with van der Waals surface area (Å²) in [5.74, 6) is 0. The van der Waals surface area contributed by atoms with Gasteiger partial charge in [-0.2, -0.15) is 0 Å². The smallest absolute Gasteiger partial charge is 0.136 e. The number of nitrogens with zero attached hydrogens (tertiary/aromatic N) is 2. The molecule has 296 valence electrons. The Morgan fingerprint density at radius 3 is 1.75 bits per heavy atom. The second-order valence-electron chi connectivity index (χ2n) is 17.1. The number of fused-ring (bicyclic) bond motifs is 12. The summed E-state index contributed by atoms with van der Waals surface area (Å²) < 4.78 is 14.0. The fraction of sp³-hybridized carbons (Fsp3) is 0. The molecule has 0 saturated carbocycles.